The summed E-state index contributed by atoms with van der Waals surface area (Å²) in [5.74, 6) is 0.765. The van der Waals surface area contributed by atoms with E-state index in [0.717, 1.165) is 36.5 Å². The van der Waals surface area contributed by atoms with Gasteiger partial charge in [-0.2, -0.15) is 0 Å². The Kier molecular flexibility index (Phi) is 7.24. The lowest BCUT2D eigenvalue weighted by molar-refractivity contribution is -0.113. The maximum atomic E-state index is 12.7. The van der Waals surface area contributed by atoms with Gasteiger partial charge in [-0.1, -0.05) is 42.1 Å². The summed E-state index contributed by atoms with van der Waals surface area (Å²) >= 11 is 1.23. The maximum absolute atomic E-state index is 12.7. The minimum atomic E-state index is -0.159. The predicted octanol–water partition coefficient (Wildman–Crippen LogP) is 3.46. The van der Waals surface area contributed by atoms with E-state index in [9.17, 15) is 9.59 Å². The number of thioether (sulfide) groups is 1. The van der Waals surface area contributed by atoms with Gasteiger partial charge in [-0.25, -0.2) is 4.98 Å². The van der Waals surface area contributed by atoms with E-state index in [1.54, 1.807) is 12.1 Å². The molecule has 0 aliphatic carbocycles. The second-order valence-corrected chi connectivity index (χ2v) is 8.50. The summed E-state index contributed by atoms with van der Waals surface area (Å²) in [6.45, 7) is 4.75. The number of H-pyrrole nitrogens is 1. The largest absolute Gasteiger partial charge is 0.494 e. The first-order chi connectivity index (χ1) is 15.6. The highest BCUT2D eigenvalue weighted by atomic mass is 32.2. The molecule has 1 aliphatic heterocycles. The van der Waals surface area contributed by atoms with E-state index in [2.05, 4.69) is 32.3 Å². The zero-order valence-electron chi connectivity index (χ0n) is 18.0. The number of carbonyl (C=O) groups excluding carboxylic acids is 1. The molecule has 8 heteroatoms. The lowest BCUT2D eigenvalue weighted by atomic mass is 10.1. The highest BCUT2D eigenvalue weighted by Gasteiger charge is 2.21. The Labute approximate surface area is 191 Å². The first-order valence-electron chi connectivity index (χ1n) is 10.6. The molecule has 0 atom stereocenters. The van der Waals surface area contributed by atoms with Crippen LogP contribution in [0.3, 0.4) is 0 Å². The molecule has 0 saturated heterocycles. The van der Waals surface area contributed by atoms with E-state index in [4.69, 9.17) is 4.74 Å². The number of benzene rings is 2. The fraction of sp³-hybridized carbons (Fsp3) is 0.292. The summed E-state index contributed by atoms with van der Waals surface area (Å²) in [5, 5.41) is 3.32. The zero-order chi connectivity index (χ0) is 22.3. The normalized spacial score (nSPS) is 13.4. The monoisotopic (exact) mass is 450 g/mol. The fourth-order valence-electron chi connectivity index (χ4n) is 3.64. The number of nitrogens with one attached hydrogen (secondary N) is 2. The summed E-state index contributed by atoms with van der Waals surface area (Å²) < 4.78 is 5.40. The summed E-state index contributed by atoms with van der Waals surface area (Å²) in [7, 11) is 0. The van der Waals surface area contributed by atoms with Crippen LogP contribution in [-0.4, -0.2) is 39.7 Å². The highest BCUT2D eigenvalue weighted by molar-refractivity contribution is 7.99. The number of anilines is 1. The van der Waals surface area contributed by atoms with Crippen molar-refractivity contribution >= 4 is 23.4 Å². The number of carbonyl (C=O) groups is 1. The van der Waals surface area contributed by atoms with Crippen molar-refractivity contribution in [3.63, 3.8) is 0 Å². The molecule has 0 fully saturated rings. The number of nitrogens with zero attached hydrogens (tertiary/aromatic N) is 2. The lowest BCUT2D eigenvalue weighted by Gasteiger charge is -2.27. The summed E-state index contributed by atoms with van der Waals surface area (Å²) in [6.07, 6.45) is 0.720. The number of aromatic amines is 1. The zero-order valence-corrected chi connectivity index (χ0v) is 18.8. The van der Waals surface area contributed by atoms with Gasteiger partial charge in [0.15, 0.2) is 5.16 Å². The standard InChI is InChI=1S/C24H26N4O3S/c1-2-31-19-10-8-18(9-11-19)25-22(29)16-32-24-26-21-12-13-28(15-20(21)23(30)27-24)14-17-6-4-3-5-7-17/h3-11H,2,12-16H2,1H3,(H,25,29)(H,26,27,30). The van der Waals surface area contributed by atoms with Gasteiger partial charge in [0.25, 0.3) is 5.56 Å². The Hall–Kier alpha value is -3.10. The number of hydrogen-bond donors (Lipinski definition) is 2. The molecule has 1 amide bonds. The number of amides is 1. The van der Waals surface area contributed by atoms with Crippen LogP contribution < -0.4 is 15.6 Å². The van der Waals surface area contributed by atoms with Crippen LogP contribution in [0.1, 0.15) is 23.7 Å². The van der Waals surface area contributed by atoms with Crippen molar-refractivity contribution in [2.75, 3.05) is 24.2 Å². The Morgan fingerprint density at radius 2 is 1.97 bits per heavy atom. The minimum absolute atomic E-state index is 0.123. The highest BCUT2D eigenvalue weighted by Crippen LogP contribution is 2.20. The van der Waals surface area contributed by atoms with Crippen LogP contribution in [0.4, 0.5) is 5.69 Å². The molecule has 0 spiro atoms. The molecule has 1 aliphatic rings. The van der Waals surface area contributed by atoms with Crippen molar-refractivity contribution in [2.45, 2.75) is 31.6 Å². The van der Waals surface area contributed by atoms with Crippen molar-refractivity contribution < 1.29 is 9.53 Å². The molecular formula is C24H26N4O3S. The van der Waals surface area contributed by atoms with Gasteiger partial charge in [-0.15, -0.1) is 0 Å². The van der Waals surface area contributed by atoms with E-state index in [1.165, 1.54) is 17.3 Å². The first-order valence-corrected chi connectivity index (χ1v) is 11.6. The molecule has 166 valence electrons. The molecule has 0 bridgehead atoms. The summed E-state index contributed by atoms with van der Waals surface area (Å²) in [5.41, 5.74) is 3.35. The van der Waals surface area contributed by atoms with Crippen LogP contribution in [0.2, 0.25) is 0 Å². The van der Waals surface area contributed by atoms with Gasteiger partial charge in [-0.05, 0) is 36.8 Å². The number of ether oxygens (including phenoxy) is 1. The molecule has 7 nitrogen and oxygen atoms in total. The maximum Gasteiger partial charge on any atom is 0.256 e. The van der Waals surface area contributed by atoms with Crippen LogP contribution >= 0.6 is 11.8 Å². The summed E-state index contributed by atoms with van der Waals surface area (Å²) in [4.78, 5) is 34.7. The molecule has 0 unspecified atom stereocenters. The van der Waals surface area contributed by atoms with Crippen molar-refractivity contribution in [3.8, 4) is 5.75 Å². The smallest absolute Gasteiger partial charge is 0.256 e. The van der Waals surface area contributed by atoms with Crippen molar-refractivity contribution in [1.82, 2.24) is 14.9 Å². The van der Waals surface area contributed by atoms with Crippen LogP contribution in [0.15, 0.2) is 64.5 Å². The van der Waals surface area contributed by atoms with Crippen molar-refractivity contribution in [1.29, 1.82) is 0 Å². The molecule has 1 aromatic heterocycles. The molecule has 4 rings (SSSR count). The van der Waals surface area contributed by atoms with Crippen LogP contribution in [-0.2, 0) is 24.3 Å². The second kappa shape index (κ2) is 10.5. The summed E-state index contributed by atoms with van der Waals surface area (Å²) in [6, 6.07) is 17.5. The molecule has 2 N–H and O–H groups in total. The first kappa shape index (κ1) is 22.1. The lowest BCUT2D eigenvalue weighted by Crippen LogP contribution is -2.35. The third-order valence-electron chi connectivity index (χ3n) is 5.16. The second-order valence-electron chi connectivity index (χ2n) is 7.54. The van der Waals surface area contributed by atoms with E-state index in [-0.39, 0.29) is 17.2 Å². The number of fused-ring (bicyclic) bond motifs is 1. The third kappa shape index (κ3) is 5.77. The Balaban J connectivity index is 1.33. The van der Waals surface area contributed by atoms with Gasteiger partial charge in [0.05, 0.1) is 23.6 Å². The molecule has 2 heterocycles. The Morgan fingerprint density at radius 3 is 2.72 bits per heavy atom. The number of rotatable bonds is 8. The average molecular weight is 451 g/mol. The topological polar surface area (TPSA) is 87.3 Å². The van der Waals surface area contributed by atoms with Gasteiger partial charge in [0.2, 0.25) is 5.91 Å². The quantitative estimate of drug-likeness (QED) is 0.404. The molecule has 3 aromatic rings. The van der Waals surface area contributed by atoms with Gasteiger partial charge in [0.1, 0.15) is 5.75 Å². The van der Waals surface area contributed by atoms with E-state index >= 15 is 0 Å². The van der Waals surface area contributed by atoms with Crippen LogP contribution in [0.5, 0.6) is 5.75 Å². The molecular weight excluding hydrogens is 424 g/mol. The molecule has 2 aromatic carbocycles. The Bertz CT molecular complexity index is 1120. The minimum Gasteiger partial charge on any atom is -0.494 e. The average Bonchev–Trinajstić information content (AvgIpc) is 2.80. The van der Waals surface area contributed by atoms with Gasteiger partial charge < -0.3 is 15.0 Å². The van der Waals surface area contributed by atoms with Crippen LogP contribution in [0.25, 0.3) is 0 Å². The van der Waals surface area contributed by atoms with Crippen molar-refractivity contribution in [2.24, 2.45) is 0 Å². The van der Waals surface area contributed by atoms with E-state index in [1.807, 2.05) is 37.3 Å². The SMILES string of the molecule is CCOc1ccc(NC(=O)CSc2nc3c(c(=O)[nH]2)CN(Cc2ccccc2)CC3)cc1. The predicted molar refractivity (Wildman–Crippen MR) is 126 cm³/mol. The van der Waals surface area contributed by atoms with E-state index < -0.39 is 0 Å². The number of hydrogen-bond acceptors (Lipinski definition) is 6. The Morgan fingerprint density at radius 1 is 1.19 bits per heavy atom. The molecule has 0 radical (unpaired) electrons. The van der Waals surface area contributed by atoms with Crippen molar-refractivity contribution in [3.05, 3.63) is 81.8 Å². The van der Waals surface area contributed by atoms with Gasteiger partial charge in [0, 0.05) is 31.7 Å². The number of aromatic nitrogens is 2. The third-order valence-corrected chi connectivity index (χ3v) is 6.04. The molecule has 32 heavy (non-hydrogen) atoms. The van der Waals surface area contributed by atoms with E-state index in [0.29, 0.717) is 24.0 Å². The van der Waals surface area contributed by atoms with Gasteiger partial charge in [-0.3, -0.25) is 14.5 Å². The molecule has 0 saturated carbocycles. The van der Waals surface area contributed by atoms with Crippen LogP contribution in [0, 0.1) is 0 Å². The van der Waals surface area contributed by atoms with Gasteiger partial charge >= 0.3 is 0 Å². The fourth-order valence-corrected chi connectivity index (χ4v) is 4.31.